The van der Waals surface area contributed by atoms with Crippen LogP contribution in [0.15, 0.2) is 29.4 Å². The molecule has 4 N–H and O–H groups in total. The Kier molecular flexibility index (Phi) is 4.42. The third-order valence-corrected chi connectivity index (χ3v) is 5.93. The number of amides is 1. The number of primary amides is 1. The van der Waals surface area contributed by atoms with E-state index < -0.39 is 11.2 Å². The molecular formula is C16H15FN4OS2. The van der Waals surface area contributed by atoms with Gasteiger partial charge in [-0.1, -0.05) is 23.9 Å². The van der Waals surface area contributed by atoms with Crippen molar-refractivity contribution in [3.63, 3.8) is 0 Å². The number of thioether (sulfide) groups is 1. The van der Waals surface area contributed by atoms with E-state index in [-0.39, 0.29) is 5.82 Å². The van der Waals surface area contributed by atoms with Gasteiger partial charge in [0, 0.05) is 4.88 Å². The summed E-state index contributed by atoms with van der Waals surface area (Å²) in [4.78, 5) is 22.5. The third-order valence-electron chi connectivity index (χ3n) is 3.69. The van der Waals surface area contributed by atoms with Gasteiger partial charge in [0.25, 0.3) is 0 Å². The molecule has 5 nitrogen and oxygen atoms in total. The zero-order valence-electron chi connectivity index (χ0n) is 13.0. The number of benzene rings is 1. The van der Waals surface area contributed by atoms with E-state index in [2.05, 4.69) is 9.97 Å². The summed E-state index contributed by atoms with van der Waals surface area (Å²) in [5.74, 6) is -0.544. The summed E-state index contributed by atoms with van der Waals surface area (Å²) >= 11 is 2.64. The fraction of sp³-hybridized carbons (Fsp3) is 0.188. The quantitative estimate of drug-likeness (QED) is 0.548. The number of aromatic nitrogens is 2. The lowest BCUT2D eigenvalue weighted by molar-refractivity contribution is -0.117. The summed E-state index contributed by atoms with van der Waals surface area (Å²) in [6.07, 6.45) is 0. The normalized spacial score (nSPS) is 12.5. The number of nitrogens with zero attached hydrogens (tertiary/aromatic N) is 2. The van der Waals surface area contributed by atoms with E-state index in [9.17, 15) is 9.18 Å². The average Bonchev–Trinajstić information content (AvgIpc) is 2.81. The minimum Gasteiger partial charge on any atom is -0.383 e. The van der Waals surface area contributed by atoms with Gasteiger partial charge in [-0.05, 0) is 37.1 Å². The highest BCUT2D eigenvalue weighted by molar-refractivity contribution is 8.00. The standard InChI is InChI=1S/C16H15FN4OS2/c1-7-8(2)23-15-11(7)13(18)20-16(21-15)24-12(14(19)22)9-3-5-10(17)6-4-9/h3-6,12H,1-2H3,(H2,19,22)(H2,18,20,21). The molecule has 1 aromatic carbocycles. The second-order valence-electron chi connectivity index (χ2n) is 5.31. The van der Waals surface area contributed by atoms with Crippen molar-refractivity contribution >= 4 is 45.0 Å². The number of nitrogens with two attached hydrogens (primary N) is 2. The Bertz CT molecular complexity index is 924. The summed E-state index contributed by atoms with van der Waals surface area (Å²) in [6, 6.07) is 5.63. The maximum absolute atomic E-state index is 13.1. The molecule has 124 valence electrons. The highest BCUT2D eigenvalue weighted by Gasteiger charge is 2.22. The molecule has 0 saturated carbocycles. The van der Waals surface area contributed by atoms with Crippen LogP contribution in [0, 0.1) is 19.7 Å². The van der Waals surface area contributed by atoms with Crippen LogP contribution in [0.5, 0.6) is 0 Å². The van der Waals surface area contributed by atoms with Crippen molar-refractivity contribution in [3.8, 4) is 0 Å². The number of halogens is 1. The predicted octanol–water partition coefficient (Wildman–Crippen LogP) is 3.35. The Morgan fingerprint density at radius 3 is 2.54 bits per heavy atom. The maximum Gasteiger partial charge on any atom is 0.235 e. The van der Waals surface area contributed by atoms with E-state index in [0.717, 1.165) is 32.4 Å². The minimum absolute atomic E-state index is 0.370. The van der Waals surface area contributed by atoms with Crippen molar-refractivity contribution in [2.75, 3.05) is 5.73 Å². The van der Waals surface area contributed by atoms with Crippen LogP contribution < -0.4 is 11.5 Å². The summed E-state index contributed by atoms with van der Waals surface area (Å²) in [5.41, 5.74) is 13.2. The Balaban J connectivity index is 2.00. The largest absolute Gasteiger partial charge is 0.383 e. The first-order chi connectivity index (χ1) is 11.4. The summed E-state index contributed by atoms with van der Waals surface area (Å²) in [6.45, 7) is 3.98. The molecule has 2 aromatic heterocycles. The molecule has 0 aliphatic rings. The smallest absolute Gasteiger partial charge is 0.235 e. The number of fused-ring (bicyclic) bond motifs is 1. The minimum atomic E-state index is -0.718. The number of thiophene rings is 1. The fourth-order valence-corrected chi connectivity index (χ4v) is 4.36. The maximum atomic E-state index is 13.1. The highest BCUT2D eigenvalue weighted by atomic mass is 32.2. The molecule has 0 aliphatic carbocycles. The molecule has 0 fully saturated rings. The summed E-state index contributed by atoms with van der Waals surface area (Å²) < 4.78 is 13.1. The number of aryl methyl sites for hydroxylation is 2. The first-order valence-electron chi connectivity index (χ1n) is 7.11. The third kappa shape index (κ3) is 3.07. The molecule has 0 aliphatic heterocycles. The molecule has 0 saturated heterocycles. The molecule has 8 heteroatoms. The molecule has 2 heterocycles. The average molecular weight is 362 g/mol. The Morgan fingerprint density at radius 1 is 1.25 bits per heavy atom. The molecule has 3 rings (SSSR count). The molecular weight excluding hydrogens is 347 g/mol. The van der Waals surface area contributed by atoms with Gasteiger partial charge in [-0.3, -0.25) is 4.79 Å². The molecule has 0 spiro atoms. The molecule has 1 atom stereocenters. The first kappa shape index (κ1) is 16.7. The number of nitrogen functional groups attached to an aromatic ring is 1. The van der Waals surface area contributed by atoms with Gasteiger partial charge in [0.05, 0.1) is 5.39 Å². The van der Waals surface area contributed by atoms with E-state index in [1.54, 1.807) is 0 Å². The van der Waals surface area contributed by atoms with Crippen molar-refractivity contribution < 1.29 is 9.18 Å². The number of carbonyl (C=O) groups is 1. The number of carbonyl (C=O) groups excluding carboxylic acids is 1. The lowest BCUT2D eigenvalue weighted by Gasteiger charge is -2.12. The van der Waals surface area contributed by atoms with Crippen molar-refractivity contribution in [2.24, 2.45) is 5.73 Å². The monoisotopic (exact) mass is 362 g/mol. The van der Waals surface area contributed by atoms with Crippen LogP contribution in [0.1, 0.15) is 21.3 Å². The topological polar surface area (TPSA) is 94.9 Å². The zero-order chi connectivity index (χ0) is 17.4. The summed E-state index contributed by atoms with van der Waals surface area (Å²) in [5, 5.41) is 0.498. The second kappa shape index (κ2) is 6.37. The van der Waals surface area contributed by atoms with Gasteiger partial charge in [0.1, 0.15) is 21.7 Å². The first-order valence-corrected chi connectivity index (χ1v) is 8.81. The van der Waals surface area contributed by atoms with Crippen LogP contribution in [-0.2, 0) is 4.79 Å². The van der Waals surface area contributed by atoms with Gasteiger partial charge in [0.2, 0.25) is 5.91 Å². The van der Waals surface area contributed by atoms with E-state index in [0.29, 0.717) is 16.5 Å². The van der Waals surface area contributed by atoms with E-state index in [1.165, 1.54) is 35.6 Å². The fourth-order valence-electron chi connectivity index (χ4n) is 2.35. The van der Waals surface area contributed by atoms with Crippen molar-refractivity contribution in [1.29, 1.82) is 0 Å². The number of hydrogen-bond acceptors (Lipinski definition) is 6. The Morgan fingerprint density at radius 2 is 1.92 bits per heavy atom. The molecule has 24 heavy (non-hydrogen) atoms. The Hall–Kier alpha value is -2.19. The van der Waals surface area contributed by atoms with Crippen LogP contribution in [-0.4, -0.2) is 15.9 Å². The van der Waals surface area contributed by atoms with Gasteiger partial charge < -0.3 is 11.5 Å². The van der Waals surface area contributed by atoms with Crippen LogP contribution >= 0.6 is 23.1 Å². The van der Waals surface area contributed by atoms with Crippen LogP contribution in [0.4, 0.5) is 10.2 Å². The van der Waals surface area contributed by atoms with Crippen molar-refractivity contribution in [2.45, 2.75) is 24.3 Å². The van der Waals surface area contributed by atoms with Crippen LogP contribution in [0.25, 0.3) is 10.2 Å². The van der Waals surface area contributed by atoms with E-state index in [1.807, 2.05) is 13.8 Å². The summed E-state index contributed by atoms with van der Waals surface area (Å²) in [7, 11) is 0. The van der Waals surface area contributed by atoms with Gasteiger partial charge >= 0.3 is 0 Å². The van der Waals surface area contributed by atoms with Crippen molar-refractivity contribution in [3.05, 3.63) is 46.1 Å². The van der Waals surface area contributed by atoms with Crippen molar-refractivity contribution in [1.82, 2.24) is 9.97 Å². The van der Waals surface area contributed by atoms with Gasteiger partial charge in [-0.25, -0.2) is 14.4 Å². The van der Waals surface area contributed by atoms with Gasteiger partial charge in [-0.15, -0.1) is 11.3 Å². The van der Waals surface area contributed by atoms with E-state index >= 15 is 0 Å². The van der Waals surface area contributed by atoms with Crippen LogP contribution in [0.2, 0.25) is 0 Å². The number of hydrogen-bond donors (Lipinski definition) is 2. The molecule has 1 amide bonds. The number of rotatable bonds is 4. The lowest BCUT2D eigenvalue weighted by Crippen LogP contribution is -2.19. The highest BCUT2D eigenvalue weighted by Crippen LogP contribution is 2.37. The lowest BCUT2D eigenvalue weighted by atomic mass is 10.1. The number of anilines is 1. The van der Waals surface area contributed by atoms with Gasteiger partial charge in [0.15, 0.2) is 5.16 Å². The Labute approximate surface area is 146 Å². The molecule has 0 bridgehead atoms. The van der Waals surface area contributed by atoms with Crippen LogP contribution in [0.3, 0.4) is 0 Å². The van der Waals surface area contributed by atoms with Gasteiger partial charge in [-0.2, -0.15) is 0 Å². The molecule has 0 radical (unpaired) electrons. The second-order valence-corrected chi connectivity index (χ2v) is 7.58. The zero-order valence-corrected chi connectivity index (χ0v) is 14.7. The SMILES string of the molecule is Cc1sc2nc(SC(C(N)=O)c3ccc(F)cc3)nc(N)c2c1C. The predicted molar refractivity (Wildman–Crippen MR) is 95.5 cm³/mol. The molecule has 3 aromatic rings. The molecule has 1 unspecified atom stereocenters. The van der Waals surface area contributed by atoms with E-state index in [4.69, 9.17) is 11.5 Å².